The summed E-state index contributed by atoms with van der Waals surface area (Å²) < 4.78 is 18.1. The van der Waals surface area contributed by atoms with Gasteiger partial charge in [-0.25, -0.2) is 4.39 Å². The van der Waals surface area contributed by atoms with E-state index in [1.54, 1.807) is 4.90 Å². The maximum atomic E-state index is 13.1. The molecular weight excluding hydrogens is 327 g/mol. The van der Waals surface area contributed by atoms with Gasteiger partial charge in [0.05, 0.1) is 5.92 Å². The van der Waals surface area contributed by atoms with Gasteiger partial charge in [-0.05, 0) is 31.0 Å². The third kappa shape index (κ3) is 4.35. The Morgan fingerprint density at radius 1 is 1.28 bits per heavy atom. The highest BCUT2D eigenvalue weighted by Crippen LogP contribution is 2.29. The van der Waals surface area contributed by atoms with Crippen LogP contribution in [0, 0.1) is 11.7 Å². The van der Waals surface area contributed by atoms with E-state index in [4.69, 9.17) is 4.74 Å². The SMILES string of the molecule is O=C(COC(=O)[C@H]1CC(=O)N(C2CCCC2)C1)Nc1cccc(F)c1. The summed E-state index contributed by atoms with van der Waals surface area (Å²) in [4.78, 5) is 37.8. The molecule has 2 fully saturated rings. The zero-order valence-corrected chi connectivity index (χ0v) is 13.9. The summed E-state index contributed by atoms with van der Waals surface area (Å²) in [5.74, 6) is -2.08. The Kier molecular flexibility index (Phi) is 5.31. The van der Waals surface area contributed by atoms with Crippen molar-refractivity contribution in [2.75, 3.05) is 18.5 Å². The van der Waals surface area contributed by atoms with Gasteiger partial charge in [0.2, 0.25) is 5.91 Å². The van der Waals surface area contributed by atoms with Crippen molar-refractivity contribution < 1.29 is 23.5 Å². The van der Waals surface area contributed by atoms with Crippen LogP contribution in [0.4, 0.5) is 10.1 Å². The lowest BCUT2D eigenvalue weighted by Crippen LogP contribution is -2.35. The number of hydrogen-bond donors (Lipinski definition) is 1. The summed E-state index contributed by atoms with van der Waals surface area (Å²) in [6.07, 6.45) is 4.35. The minimum Gasteiger partial charge on any atom is -0.455 e. The summed E-state index contributed by atoms with van der Waals surface area (Å²) in [5.41, 5.74) is 0.296. The Hall–Kier alpha value is -2.44. The van der Waals surface area contributed by atoms with Crippen LogP contribution in [0.1, 0.15) is 32.1 Å². The monoisotopic (exact) mass is 348 g/mol. The smallest absolute Gasteiger partial charge is 0.311 e. The second kappa shape index (κ2) is 7.63. The van der Waals surface area contributed by atoms with Crippen LogP contribution < -0.4 is 5.32 Å². The van der Waals surface area contributed by atoms with E-state index in [2.05, 4.69) is 5.32 Å². The zero-order chi connectivity index (χ0) is 17.8. The molecule has 6 nitrogen and oxygen atoms in total. The first kappa shape index (κ1) is 17.4. The molecule has 1 aromatic rings. The number of hydrogen-bond acceptors (Lipinski definition) is 4. The van der Waals surface area contributed by atoms with E-state index in [-0.39, 0.29) is 18.4 Å². The van der Waals surface area contributed by atoms with Gasteiger partial charge in [0, 0.05) is 24.7 Å². The molecule has 25 heavy (non-hydrogen) atoms. The van der Waals surface area contributed by atoms with E-state index < -0.39 is 30.2 Å². The average molecular weight is 348 g/mol. The lowest BCUT2D eigenvalue weighted by atomic mass is 10.1. The number of amides is 2. The molecule has 1 heterocycles. The largest absolute Gasteiger partial charge is 0.455 e. The van der Waals surface area contributed by atoms with E-state index in [1.807, 2.05) is 0 Å². The van der Waals surface area contributed by atoms with Gasteiger partial charge in [0.15, 0.2) is 6.61 Å². The zero-order valence-electron chi connectivity index (χ0n) is 13.9. The lowest BCUT2D eigenvalue weighted by Gasteiger charge is -2.23. The number of rotatable bonds is 5. The highest BCUT2D eigenvalue weighted by atomic mass is 19.1. The predicted molar refractivity (Wildman–Crippen MR) is 88.1 cm³/mol. The summed E-state index contributed by atoms with van der Waals surface area (Å²) in [7, 11) is 0. The minimum atomic E-state index is -0.545. The third-order valence-corrected chi connectivity index (χ3v) is 4.71. The second-order valence-electron chi connectivity index (χ2n) is 6.55. The van der Waals surface area contributed by atoms with Crippen molar-refractivity contribution in [3.63, 3.8) is 0 Å². The summed E-state index contributed by atoms with van der Waals surface area (Å²) in [6, 6.07) is 5.69. The molecule has 1 aliphatic heterocycles. The first-order valence-corrected chi connectivity index (χ1v) is 8.54. The number of esters is 1. The van der Waals surface area contributed by atoms with E-state index in [0.717, 1.165) is 25.7 Å². The molecule has 3 rings (SSSR count). The van der Waals surface area contributed by atoms with Gasteiger partial charge >= 0.3 is 5.97 Å². The maximum Gasteiger partial charge on any atom is 0.311 e. The molecule has 134 valence electrons. The fourth-order valence-electron chi connectivity index (χ4n) is 3.48. The molecular formula is C18H21FN2O4. The van der Waals surface area contributed by atoms with Crippen molar-refractivity contribution in [3.8, 4) is 0 Å². The molecule has 1 aliphatic carbocycles. The second-order valence-corrected chi connectivity index (χ2v) is 6.55. The van der Waals surface area contributed by atoms with Crippen molar-refractivity contribution in [1.29, 1.82) is 0 Å². The number of ether oxygens (including phenoxy) is 1. The number of nitrogens with one attached hydrogen (secondary N) is 1. The van der Waals surface area contributed by atoms with Crippen LogP contribution in [-0.2, 0) is 19.1 Å². The van der Waals surface area contributed by atoms with Crippen molar-refractivity contribution in [1.82, 2.24) is 4.90 Å². The van der Waals surface area contributed by atoms with Gasteiger partial charge in [0.1, 0.15) is 5.82 Å². The van der Waals surface area contributed by atoms with E-state index in [9.17, 15) is 18.8 Å². The highest BCUT2D eigenvalue weighted by molar-refractivity contribution is 5.93. The number of carbonyl (C=O) groups excluding carboxylic acids is 3. The Labute approximate surface area is 145 Å². The Balaban J connectivity index is 1.46. The van der Waals surface area contributed by atoms with E-state index in [1.165, 1.54) is 24.3 Å². The molecule has 0 bridgehead atoms. The van der Waals surface area contributed by atoms with E-state index in [0.29, 0.717) is 12.2 Å². The molecule has 0 radical (unpaired) electrons. The number of nitrogens with zero attached hydrogens (tertiary/aromatic N) is 1. The fourth-order valence-corrected chi connectivity index (χ4v) is 3.48. The normalized spacial score (nSPS) is 20.8. The van der Waals surface area contributed by atoms with Crippen LogP contribution in [0.15, 0.2) is 24.3 Å². The van der Waals surface area contributed by atoms with Crippen LogP contribution in [-0.4, -0.2) is 41.9 Å². The number of carbonyl (C=O) groups is 3. The van der Waals surface area contributed by atoms with Crippen LogP contribution in [0.5, 0.6) is 0 Å². The molecule has 2 amide bonds. The van der Waals surface area contributed by atoms with Gasteiger partial charge in [-0.2, -0.15) is 0 Å². The third-order valence-electron chi connectivity index (χ3n) is 4.71. The van der Waals surface area contributed by atoms with Crippen molar-refractivity contribution >= 4 is 23.5 Å². The maximum absolute atomic E-state index is 13.1. The molecule has 1 saturated heterocycles. The average Bonchev–Trinajstić information content (AvgIpc) is 3.22. The number of halogens is 1. The lowest BCUT2D eigenvalue weighted by molar-refractivity contribution is -0.151. The molecule has 1 atom stereocenters. The summed E-state index contributed by atoms with van der Waals surface area (Å²) in [5, 5.41) is 2.46. The molecule has 0 aromatic heterocycles. The topological polar surface area (TPSA) is 75.7 Å². The van der Waals surface area contributed by atoms with Crippen LogP contribution in [0.2, 0.25) is 0 Å². The van der Waals surface area contributed by atoms with Gasteiger partial charge in [0.25, 0.3) is 5.91 Å². The Bertz CT molecular complexity index is 673. The van der Waals surface area contributed by atoms with Gasteiger partial charge in [-0.15, -0.1) is 0 Å². The number of anilines is 1. The minimum absolute atomic E-state index is 0.0157. The van der Waals surface area contributed by atoms with Crippen molar-refractivity contribution in [2.24, 2.45) is 5.92 Å². The predicted octanol–water partition coefficient (Wildman–Crippen LogP) is 2.10. The molecule has 1 saturated carbocycles. The quantitative estimate of drug-likeness (QED) is 0.827. The van der Waals surface area contributed by atoms with Crippen molar-refractivity contribution in [3.05, 3.63) is 30.1 Å². The first-order valence-electron chi connectivity index (χ1n) is 8.54. The Morgan fingerprint density at radius 3 is 2.76 bits per heavy atom. The molecule has 0 unspecified atom stereocenters. The summed E-state index contributed by atoms with van der Waals surface area (Å²) in [6.45, 7) is -0.0860. The molecule has 1 aromatic carbocycles. The van der Waals surface area contributed by atoms with Gasteiger partial charge in [-0.3, -0.25) is 14.4 Å². The van der Waals surface area contributed by atoms with Gasteiger partial charge < -0.3 is 15.0 Å². The number of benzene rings is 1. The first-order chi connectivity index (χ1) is 12.0. The summed E-state index contributed by atoms with van der Waals surface area (Å²) >= 11 is 0. The Morgan fingerprint density at radius 2 is 2.04 bits per heavy atom. The molecule has 2 aliphatic rings. The van der Waals surface area contributed by atoms with Crippen LogP contribution >= 0.6 is 0 Å². The van der Waals surface area contributed by atoms with Gasteiger partial charge in [-0.1, -0.05) is 18.9 Å². The van der Waals surface area contributed by atoms with E-state index >= 15 is 0 Å². The number of likely N-dealkylation sites (tertiary alicyclic amines) is 1. The fraction of sp³-hybridized carbons (Fsp3) is 0.500. The highest BCUT2D eigenvalue weighted by Gasteiger charge is 2.39. The van der Waals surface area contributed by atoms with Crippen molar-refractivity contribution in [2.45, 2.75) is 38.1 Å². The van der Waals surface area contributed by atoms with Crippen LogP contribution in [0.3, 0.4) is 0 Å². The van der Waals surface area contributed by atoms with Crippen LogP contribution in [0.25, 0.3) is 0 Å². The molecule has 7 heteroatoms. The standard InChI is InChI=1S/C18H21FN2O4/c19-13-4-3-5-14(9-13)20-16(22)11-25-18(24)12-8-17(23)21(10-12)15-6-1-2-7-15/h3-5,9,12,15H,1-2,6-8,10-11H2,(H,20,22)/t12-/m0/s1. The molecule has 1 N–H and O–H groups in total. The molecule has 0 spiro atoms.